The number of hydrogen-bond acceptors (Lipinski definition) is 4. The SMILES string of the molecule is c1ccc(-c2ccc(-c3nc(-c4ccc5ccccc5c4)nc(-n4c5ccc6ccccc6c5c5cccc(-c6cccc7oc8ccccc8c67)c54)n3)cc2)cc1. The Hall–Kier alpha value is -7.89. The molecule has 12 aromatic rings. The van der Waals surface area contributed by atoms with Gasteiger partial charge in [-0.1, -0.05) is 170 Å². The molecular weight excluding hydrogens is 709 g/mol. The Morgan fingerprint density at radius 3 is 1.83 bits per heavy atom. The molecule has 0 saturated carbocycles. The summed E-state index contributed by atoms with van der Waals surface area (Å²) in [6.45, 7) is 0. The summed E-state index contributed by atoms with van der Waals surface area (Å²) in [6, 6.07) is 68.0. The number of para-hydroxylation sites is 2. The number of rotatable bonds is 5. The molecule has 58 heavy (non-hydrogen) atoms. The summed E-state index contributed by atoms with van der Waals surface area (Å²) in [7, 11) is 0. The fourth-order valence-electron chi connectivity index (χ4n) is 8.75. The molecule has 0 amide bonds. The minimum Gasteiger partial charge on any atom is -0.456 e. The third kappa shape index (κ3) is 5.07. The van der Waals surface area contributed by atoms with Gasteiger partial charge in [0.2, 0.25) is 5.95 Å². The standard InChI is InChI=1S/C53H32N4O/c1-2-12-33(13-3-1)35-24-27-37(28-25-35)51-54-52(39-29-26-34-14-4-5-16-38(34)32-39)56-53(55-51)57-45-31-30-36-15-6-7-17-40(36)48(45)44-21-10-20-42(50(44)57)41-19-11-23-47-49(41)43-18-8-9-22-46(43)58-47/h1-32H. The lowest BCUT2D eigenvalue weighted by atomic mass is 9.96. The summed E-state index contributed by atoms with van der Waals surface area (Å²) in [5.41, 5.74) is 10.0. The Bertz CT molecular complexity index is 3560. The van der Waals surface area contributed by atoms with Gasteiger partial charge in [-0.05, 0) is 62.5 Å². The molecule has 0 fully saturated rings. The van der Waals surface area contributed by atoms with Crippen LogP contribution >= 0.6 is 0 Å². The van der Waals surface area contributed by atoms with Gasteiger partial charge in [-0.25, -0.2) is 4.98 Å². The first-order valence-corrected chi connectivity index (χ1v) is 19.5. The second-order valence-electron chi connectivity index (χ2n) is 14.8. The number of fused-ring (bicyclic) bond motifs is 9. The summed E-state index contributed by atoms with van der Waals surface area (Å²) in [5.74, 6) is 1.75. The molecule has 0 atom stereocenters. The molecule has 0 N–H and O–H groups in total. The van der Waals surface area contributed by atoms with E-state index in [1.54, 1.807) is 0 Å². The lowest BCUT2D eigenvalue weighted by Crippen LogP contribution is -2.07. The molecule has 0 bridgehead atoms. The van der Waals surface area contributed by atoms with E-state index in [-0.39, 0.29) is 0 Å². The third-order valence-corrected chi connectivity index (χ3v) is 11.5. The Labute approximate surface area is 333 Å². The summed E-state index contributed by atoms with van der Waals surface area (Å²) in [4.78, 5) is 16.0. The van der Waals surface area contributed by atoms with E-state index in [0.717, 1.165) is 87.9 Å². The van der Waals surface area contributed by atoms with Crippen molar-refractivity contribution < 1.29 is 4.42 Å². The highest BCUT2D eigenvalue weighted by Gasteiger charge is 2.23. The lowest BCUT2D eigenvalue weighted by Gasteiger charge is -2.14. The molecule has 0 unspecified atom stereocenters. The smallest absolute Gasteiger partial charge is 0.238 e. The predicted octanol–water partition coefficient (Wildman–Crippen LogP) is 13.8. The average Bonchev–Trinajstić information content (AvgIpc) is 3.86. The van der Waals surface area contributed by atoms with Crippen LogP contribution in [0.1, 0.15) is 0 Å². The Balaban J connectivity index is 1.18. The Morgan fingerprint density at radius 2 is 0.966 bits per heavy atom. The lowest BCUT2D eigenvalue weighted by molar-refractivity contribution is 0.669. The molecule has 270 valence electrons. The van der Waals surface area contributed by atoms with Gasteiger partial charge in [0.15, 0.2) is 11.6 Å². The largest absolute Gasteiger partial charge is 0.456 e. The van der Waals surface area contributed by atoms with Crippen LogP contribution in [0, 0.1) is 0 Å². The fraction of sp³-hybridized carbons (Fsp3) is 0. The van der Waals surface area contributed by atoms with E-state index in [0.29, 0.717) is 17.6 Å². The Kier molecular flexibility index (Phi) is 7.16. The first-order chi connectivity index (χ1) is 28.7. The van der Waals surface area contributed by atoms with Crippen LogP contribution in [0.3, 0.4) is 0 Å². The van der Waals surface area contributed by atoms with E-state index in [1.807, 2.05) is 18.2 Å². The first-order valence-electron chi connectivity index (χ1n) is 19.5. The van der Waals surface area contributed by atoms with E-state index in [1.165, 1.54) is 10.8 Å². The van der Waals surface area contributed by atoms with E-state index in [2.05, 4.69) is 180 Å². The highest BCUT2D eigenvalue weighted by atomic mass is 16.3. The van der Waals surface area contributed by atoms with Gasteiger partial charge in [-0.3, -0.25) is 4.57 Å². The molecule has 5 heteroatoms. The van der Waals surface area contributed by atoms with Crippen molar-refractivity contribution in [3.8, 4) is 51.0 Å². The maximum atomic E-state index is 6.41. The van der Waals surface area contributed by atoms with Gasteiger partial charge >= 0.3 is 0 Å². The Morgan fingerprint density at radius 1 is 0.362 bits per heavy atom. The summed E-state index contributed by atoms with van der Waals surface area (Å²) in [6.07, 6.45) is 0. The molecule has 12 rings (SSSR count). The second kappa shape index (κ2) is 12.8. The topological polar surface area (TPSA) is 56.7 Å². The molecule has 0 aliphatic rings. The van der Waals surface area contributed by atoms with Crippen molar-refractivity contribution in [2.24, 2.45) is 0 Å². The molecule has 5 nitrogen and oxygen atoms in total. The average molecular weight is 741 g/mol. The molecule has 0 aliphatic heterocycles. The number of furan rings is 1. The second-order valence-corrected chi connectivity index (χ2v) is 14.8. The molecular formula is C53H32N4O. The monoisotopic (exact) mass is 740 g/mol. The zero-order chi connectivity index (χ0) is 38.2. The molecule has 0 aliphatic carbocycles. The van der Waals surface area contributed by atoms with Crippen LogP contribution in [0.4, 0.5) is 0 Å². The van der Waals surface area contributed by atoms with Crippen molar-refractivity contribution in [2.45, 2.75) is 0 Å². The zero-order valence-electron chi connectivity index (χ0n) is 31.2. The number of benzene rings is 9. The van der Waals surface area contributed by atoms with Gasteiger partial charge < -0.3 is 4.42 Å². The minimum atomic E-state index is 0.548. The van der Waals surface area contributed by atoms with E-state index in [9.17, 15) is 0 Å². The number of nitrogens with zero attached hydrogens (tertiary/aromatic N) is 4. The molecule has 9 aromatic carbocycles. The normalized spacial score (nSPS) is 11.8. The fourth-order valence-corrected chi connectivity index (χ4v) is 8.75. The van der Waals surface area contributed by atoms with Gasteiger partial charge in [0.05, 0.1) is 11.0 Å². The van der Waals surface area contributed by atoms with Crippen molar-refractivity contribution in [1.29, 1.82) is 0 Å². The predicted molar refractivity (Wildman–Crippen MR) is 238 cm³/mol. The van der Waals surface area contributed by atoms with Crippen LogP contribution in [0.5, 0.6) is 0 Å². The molecule has 0 radical (unpaired) electrons. The van der Waals surface area contributed by atoms with Crippen molar-refractivity contribution in [1.82, 2.24) is 19.5 Å². The van der Waals surface area contributed by atoms with Crippen molar-refractivity contribution in [3.63, 3.8) is 0 Å². The first kappa shape index (κ1) is 32.4. The molecule has 0 saturated heterocycles. The van der Waals surface area contributed by atoms with Crippen LogP contribution in [0.15, 0.2) is 199 Å². The summed E-state index contributed by atoms with van der Waals surface area (Å²) < 4.78 is 8.67. The van der Waals surface area contributed by atoms with E-state index >= 15 is 0 Å². The maximum absolute atomic E-state index is 6.41. The van der Waals surface area contributed by atoms with Crippen molar-refractivity contribution in [3.05, 3.63) is 194 Å². The van der Waals surface area contributed by atoms with Crippen molar-refractivity contribution >= 4 is 65.3 Å². The third-order valence-electron chi connectivity index (χ3n) is 11.5. The zero-order valence-corrected chi connectivity index (χ0v) is 31.2. The van der Waals surface area contributed by atoms with Crippen LogP contribution in [0.25, 0.3) is 116 Å². The number of hydrogen-bond donors (Lipinski definition) is 0. The maximum Gasteiger partial charge on any atom is 0.238 e. The van der Waals surface area contributed by atoms with Gasteiger partial charge in [0, 0.05) is 38.2 Å². The van der Waals surface area contributed by atoms with Crippen LogP contribution in [-0.4, -0.2) is 19.5 Å². The minimum absolute atomic E-state index is 0.548. The molecule has 3 aromatic heterocycles. The van der Waals surface area contributed by atoms with E-state index in [4.69, 9.17) is 19.4 Å². The van der Waals surface area contributed by atoms with Crippen molar-refractivity contribution in [2.75, 3.05) is 0 Å². The highest BCUT2D eigenvalue weighted by Crippen LogP contribution is 2.44. The van der Waals surface area contributed by atoms with Gasteiger partial charge in [0.25, 0.3) is 0 Å². The molecule has 0 spiro atoms. The van der Waals surface area contributed by atoms with Gasteiger partial charge in [-0.15, -0.1) is 0 Å². The van der Waals surface area contributed by atoms with Crippen LogP contribution in [-0.2, 0) is 0 Å². The van der Waals surface area contributed by atoms with Crippen LogP contribution < -0.4 is 0 Å². The summed E-state index contributed by atoms with van der Waals surface area (Å²) >= 11 is 0. The highest BCUT2D eigenvalue weighted by molar-refractivity contribution is 6.25. The van der Waals surface area contributed by atoms with E-state index < -0.39 is 0 Å². The summed E-state index contributed by atoms with van der Waals surface area (Å²) in [5, 5.41) is 9.08. The van der Waals surface area contributed by atoms with Gasteiger partial charge in [0.1, 0.15) is 11.2 Å². The van der Waals surface area contributed by atoms with Gasteiger partial charge in [-0.2, -0.15) is 9.97 Å². The van der Waals surface area contributed by atoms with Crippen LogP contribution in [0.2, 0.25) is 0 Å². The number of aromatic nitrogens is 4. The quantitative estimate of drug-likeness (QED) is 0.176. The molecule has 3 heterocycles.